The van der Waals surface area contributed by atoms with Crippen LogP contribution >= 0.6 is 54.8 Å². The zero-order chi connectivity index (χ0) is 16.4. The molecule has 118 valence electrons. The third-order valence-electron chi connectivity index (χ3n) is 2.85. The summed E-state index contributed by atoms with van der Waals surface area (Å²) in [6, 6.07) is 10.9. The van der Waals surface area contributed by atoms with Crippen LogP contribution in [0.15, 0.2) is 45.3 Å². The molecule has 1 heterocycles. The van der Waals surface area contributed by atoms with Crippen LogP contribution in [0.5, 0.6) is 5.75 Å². The lowest BCUT2D eigenvalue weighted by atomic mass is 10.3. The van der Waals surface area contributed by atoms with Crippen LogP contribution < -0.4 is 10.1 Å². The quantitative estimate of drug-likeness (QED) is 0.542. The number of halogens is 3. The molecule has 2 aromatic carbocycles. The number of thiazole rings is 1. The number of benzene rings is 2. The molecule has 0 saturated heterocycles. The van der Waals surface area contributed by atoms with Gasteiger partial charge in [-0.3, -0.25) is 10.1 Å². The number of amides is 1. The largest absolute Gasteiger partial charge is 0.483 e. The zero-order valence-corrected chi connectivity index (χ0v) is 16.2. The maximum absolute atomic E-state index is 12.0. The first-order valence-electron chi connectivity index (χ1n) is 6.45. The Labute approximate surface area is 158 Å². The molecular weight excluding hydrogens is 468 g/mol. The Kier molecular flexibility index (Phi) is 5.21. The van der Waals surface area contributed by atoms with Crippen LogP contribution in [-0.4, -0.2) is 17.5 Å². The van der Waals surface area contributed by atoms with Gasteiger partial charge in [-0.25, -0.2) is 4.98 Å². The van der Waals surface area contributed by atoms with Crippen LogP contribution in [0.1, 0.15) is 0 Å². The van der Waals surface area contributed by atoms with Gasteiger partial charge in [0.15, 0.2) is 11.7 Å². The monoisotopic (exact) mass is 474 g/mol. The van der Waals surface area contributed by atoms with Crippen molar-refractivity contribution in [1.82, 2.24) is 4.98 Å². The van der Waals surface area contributed by atoms with Gasteiger partial charge >= 0.3 is 0 Å². The Morgan fingerprint density at radius 3 is 2.87 bits per heavy atom. The molecule has 0 aliphatic rings. The highest BCUT2D eigenvalue weighted by atomic mass is 79.9. The summed E-state index contributed by atoms with van der Waals surface area (Å²) in [6.07, 6.45) is 0. The van der Waals surface area contributed by atoms with Crippen molar-refractivity contribution in [2.24, 2.45) is 0 Å². The van der Waals surface area contributed by atoms with Crippen molar-refractivity contribution in [1.29, 1.82) is 0 Å². The molecule has 0 aliphatic heterocycles. The summed E-state index contributed by atoms with van der Waals surface area (Å²) < 4.78 is 8.11. The summed E-state index contributed by atoms with van der Waals surface area (Å²) in [6.45, 7) is -0.100. The minimum absolute atomic E-state index is 0.100. The van der Waals surface area contributed by atoms with Gasteiger partial charge in [-0.2, -0.15) is 0 Å². The Balaban J connectivity index is 1.64. The molecule has 0 radical (unpaired) electrons. The second-order valence-electron chi connectivity index (χ2n) is 4.54. The molecule has 4 nitrogen and oxygen atoms in total. The first-order valence-corrected chi connectivity index (χ1v) is 9.23. The van der Waals surface area contributed by atoms with Crippen LogP contribution in [0, 0.1) is 0 Å². The van der Waals surface area contributed by atoms with Crippen molar-refractivity contribution < 1.29 is 9.53 Å². The van der Waals surface area contributed by atoms with E-state index < -0.39 is 0 Å². The zero-order valence-electron chi connectivity index (χ0n) is 11.5. The molecule has 0 saturated carbocycles. The van der Waals surface area contributed by atoms with E-state index in [1.807, 2.05) is 24.3 Å². The van der Waals surface area contributed by atoms with Crippen molar-refractivity contribution in [3.8, 4) is 5.75 Å². The molecule has 3 rings (SSSR count). The third-order valence-corrected chi connectivity index (χ3v) is 5.13. The molecular formula is C15H9Br2ClN2O2S. The van der Waals surface area contributed by atoms with Gasteiger partial charge in [0.1, 0.15) is 5.75 Å². The normalized spacial score (nSPS) is 10.7. The molecule has 8 heteroatoms. The third kappa shape index (κ3) is 4.23. The van der Waals surface area contributed by atoms with E-state index in [2.05, 4.69) is 42.2 Å². The van der Waals surface area contributed by atoms with Crippen molar-refractivity contribution in [3.05, 3.63) is 50.4 Å². The van der Waals surface area contributed by atoms with Gasteiger partial charge in [-0.15, -0.1) is 0 Å². The summed E-state index contributed by atoms with van der Waals surface area (Å²) in [4.78, 5) is 16.3. The maximum Gasteiger partial charge on any atom is 0.264 e. The van der Waals surface area contributed by atoms with E-state index in [0.29, 0.717) is 15.9 Å². The minimum atomic E-state index is -0.273. The smallest absolute Gasteiger partial charge is 0.264 e. The lowest BCUT2D eigenvalue weighted by molar-refractivity contribution is -0.118. The molecule has 0 aliphatic carbocycles. The molecule has 0 unspecified atom stereocenters. The number of nitrogens with zero attached hydrogens (tertiary/aromatic N) is 1. The second-order valence-corrected chi connectivity index (χ2v) is 7.78. The van der Waals surface area contributed by atoms with Crippen LogP contribution in [0.4, 0.5) is 5.13 Å². The molecule has 1 N–H and O–H groups in total. The van der Waals surface area contributed by atoms with E-state index in [4.69, 9.17) is 16.3 Å². The highest BCUT2D eigenvalue weighted by Gasteiger charge is 2.10. The number of carbonyl (C=O) groups excluding carboxylic acids is 1. The van der Waals surface area contributed by atoms with Crippen LogP contribution in [0.3, 0.4) is 0 Å². The first-order chi connectivity index (χ1) is 11.0. The van der Waals surface area contributed by atoms with Crippen molar-refractivity contribution in [2.45, 2.75) is 0 Å². The van der Waals surface area contributed by atoms with Gasteiger partial charge in [0.25, 0.3) is 5.91 Å². The molecule has 3 aromatic rings. The lowest BCUT2D eigenvalue weighted by Gasteiger charge is -2.07. The van der Waals surface area contributed by atoms with E-state index in [9.17, 15) is 4.79 Å². The number of ether oxygens (including phenoxy) is 1. The highest BCUT2D eigenvalue weighted by Crippen LogP contribution is 2.29. The van der Waals surface area contributed by atoms with E-state index in [1.54, 1.807) is 12.1 Å². The Morgan fingerprint density at radius 1 is 1.26 bits per heavy atom. The number of hydrogen-bond donors (Lipinski definition) is 1. The van der Waals surface area contributed by atoms with E-state index in [-0.39, 0.29) is 12.5 Å². The molecule has 0 fully saturated rings. The van der Waals surface area contributed by atoms with Gasteiger partial charge < -0.3 is 4.74 Å². The fraction of sp³-hybridized carbons (Fsp3) is 0.0667. The fourth-order valence-corrected chi connectivity index (χ4v) is 4.16. The number of anilines is 1. The summed E-state index contributed by atoms with van der Waals surface area (Å²) in [5.74, 6) is 0.324. The number of rotatable bonds is 4. The van der Waals surface area contributed by atoms with Crippen LogP contribution in [-0.2, 0) is 4.79 Å². The summed E-state index contributed by atoms with van der Waals surface area (Å²) in [5, 5.41) is 3.89. The summed E-state index contributed by atoms with van der Waals surface area (Å²) in [7, 11) is 0. The predicted molar refractivity (Wildman–Crippen MR) is 101 cm³/mol. The molecule has 0 bridgehead atoms. The maximum atomic E-state index is 12.0. The lowest BCUT2D eigenvalue weighted by Crippen LogP contribution is -2.20. The predicted octanol–water partition coefficient (Wildman–Crippen LogP) is 5.49. The molecule has 1 aromatic heterocycles. The SMILES string of the molecule is O=C(COc1ccc(Br)cc1Br)Nc1nc2ccc(Cl)cc2s1. The van der Waals surface area contributed by atoms with E-state index >= 15 is 0 Å². The number of nitrogens with one attached hydrogen (secondary N) is 1. The molecule has 0 atom stereocenters. The number of hydrogen-bond acceptors (Lipinski definition) is 4. The van der Waals surface area contributed by atoms with Gasteiger partial charge in [0.05, 0.1) is 14.7 Å². The molecule has 1 amide bonds. The van der Waals surface area contributed by atoms with Crippen LogP contribution in [0.25, 0.3) is 10.2 Å². The van der Waals surface area contributed by atoms with Gasteiger partial charge in [0.2, 0.25) is 0 Å². The summed E-state index contributed by atoms with van der Waals surface area (Å²) >= 11 is 14.1. The van der Waals surface area contributed by atoms with Crippen LogP contribution in [0.2, 0.25) is 5.02 Å². The van der Waals surface area contributed by atoms with Gasteiger partial charge in [-0.05, 0) is 52.3 Å². The van der Waals surface area contributed by atoms with Crippen molar-refractivity contribution in [3.63, 3.8) is 0 Å². The standard InChI is InChI=1S/C15H9Br2ClN2O2S/c16-8-1-4-12(10(17)5-8)22-7-14(21)20-15-19-11-3-2-9(18)6-13(11)23-15/h1-6H,7H2,(H,19,20,21). The Hall–Kier alpha value is -1.15. The van der Waals surface area contributed by atoms with Crippen molar-refractivity contribution in [2.75, 3.05) is 11.9 Å². The molecule has 23 heavy (non-hydrogen) atoms. The highest BCUT2D eigenvalue weighted by molar-refractivity contribution is 9.11. The fourth-order valence-electron chi connectivity index (χ4n) is 1.84. The Bertz CT molecular complexity index is 885. The van der Waals surface area contributed by atoms with Gasteiger partial charge in [0, 0.05) is 9.50 Å². The van der Waals surface area contributed by atoms with E-state index in [1.165, 1.54) is 11.3 Å². The molecule has 0 spiro atoms. The number of fused-ring (bicyclic) bond motifs is 1. The first kappa shape index (κ1) is 16.7. The minimum Gasteiger partial charge on any atom is -0.483 e. The average Bonchev–Trinajstić information content (AvgIpc) is 2.87. The summed E-state index contributed by atoms with van der Waals surface area (Å²) in [5.41, 5.74) is 0.797. The topological polar surface area (TPSA) is 51.2 Å². The second kappa shape index (κ2) is 7.17. The average molecular weight is 477 g/mol. The Morgan fingerprint density at radius 2 is 2.09 bits per heavy atom. The number of carbonyl (C=O) groups is 1. The van der Waals surface area contributed by atoms with E-state index in [0.717, 1.165) is 19.2 Å². The number of aromatic nitrogens is 1. The van der Waals surface area contributed by atoms with Gasteiger partial charge in [-0.1, -0.05) is 38.9 Å². The van der Waals surface area contributed by atoms with Crippen molar-refractivity contribution >= 4 is 76.1 Å².